The van der Waals surface area contributed by atoms with Gasteiger partial charge in [0.25, 0.3) is 5.91 Å². The van der Waals surface area contributed by atoms with E-state index in [1.165, 1.54) is 0 Å². The summed E-state index contributed by atoms with van der Waals surface area (Å²) in [6, 6.07) is 0. The highest BCUT2D eigenvalue weighted by molar-refractivity contribution is 7.89. The van der Waals surface area contributed by atoms with Gasteiger partial charge in [-0.2, -0.15) is 0 Å². The summed E-state index contributed by atoms with van der Waals surface area (Å²) in [7, 11) is -3.47. The van der Waals surface area contributed by atoms with E-state index in [0.29, 0.717) is 5.82 Å². The molecule has 8 nitrogen and oxygen atoms in total. The molecule has 16 heavy (non-hydrogen) atoms. The molecule has 1 rings (SSSR count). The van der Waals surface area contributed by atoms with Crippen LogP contribution in [0.25, 0.3) is 0 Å². The van der Waals surface area contributed by atoms with Crippen LogP contribution in [0.5, 0.6) is 0 Å². The number of sulfonamides is 1. The van der Waals surface area contributed by atoms with Gasteiger partial charge >= 0.3 is 0 Å². The zero-order chi connectivity index (χ0) is 12.2. The quantitative estimate of drug-likeness (QED) is 0.546. The number of aromatic amines is 1. The fourth-order valence-electron chi connectivity index (χ4n) is 0.999. The number of hydrogen-bond acceptors (Lipinski definition) is 5. The Balaban J connectivity index is 2.31. The summed E-state index contributed by atoms with van der Waals surface area (Å²) >= 11 is 0. The number of carbonyl (C=O) groups is 1. The molecule has 0 unspecified atom stereocenters. The second-order valence-corrected chi connectivity index (χ2v) is 4.95. The Hall–Kier alpha value is -1.48. The van der Waals surface area contributed by atoms with Crippen molar-refractivity contribution in [3.63, 3.8) is 0 Å². The van der Waals surface area contributed by atoms with E-state index in [-0.39, 0.29) is 24.5 Å². The maximum atomic E-state index is 11.3. The molecule has 1 amide bonds. The molecule has 0 spiro atoms. The molecule has 0 radical (unpaired) electrons. The first-order chi connectivity index (χ1) is 7.38. The number of hydrogen-bond donors (Lipinski definition) is 3. The number of aryl methyl sites for hydroxylation is 1. The van der Waals surface area contributed by atoms with Crippen molar-refractivity contribution in [1.29, 1.82) is 0 Å². The van der Waals surface area contributed by atoms with Gasteiger partial charge in [-0.3, -0.25) is 9.89 Å². The number of primary sulfonamides is 1. The predicted molar refractivity (Wildman–Crippen MR) is 56.0 cm³/mol. The van der Waals surface area contributed by atoms with E-state index in [0.717, 1.165) is 0 Å². The zero-order valence-electron chi connectivity index (χ0n) is 8.73. The van der Waals surface area contributed by atoms with Crippen LogP contribution in [0.15, 0.2) is 0 Å². The lowest BCUT2D eigenvalue weighted by atomic mass is 10.4. The highest BCUT2D eigenvalue weighted by atomic mass is 32.2. The summed E-state index contributed by atoms with van der Waals surface area (Å²) < 4.78 is 21.2. The van der Waals surface area contributed by atoms with Gasteiger partial charge in [0.2, 0.25) is 15.8 Å². The van der Waals surface area contributed by atoms with Crippen molar-refractivity contribution in [2.45, 2.75) is 13.3 Å². The van der Waals surface area contributed by atoms with Crippen LogP contribution in [0.2, 0.25) is 0 Å². The summed E-state index contributed by atoms with van der Waals surface area (Å²) in [4.78, 5) is 15.2. The molecule has 9 heteroatoms. The molecular weight excluding hydrogens is 234 g/mol. The van der Waals surface area contributed by atoms with Gasteiger partial charge in [-0.05, 0) is 13.3 Å². The van der Waals surface area contributed by atoms with Crippen molar-refractivity contribution in [3.05, 3.63) is 11.6 Å². The maximum absolute atomic E-state index is 11.3. The monoisotopic (exact) mass is 247 g/mol. The molecule has 0 aromatic carbocycles. The first-order valence-electron chi connectivity index (χ1n) is 4.56. The Labute approximate surface area is 92.7 Å². The third kappa shape index (κ3) is 4.36. The van der Waals surface area contributed by atoms with E-state index >= 15 is 0 Å². The number of H-pyrrole nitrogens is 1. The zero-order valence-corrected chi connectivity index (χ0v) is 9.54. The van der Waals surface area contributed by atoms with Gasteiger partial charge in [0.05, 0.1) is 5.75 Å². The summed E-state index contributed by atoms with van der Waals surface area (Å²) in [5, 5.41) is 13.5. The van der Waals surface area contributed by atoms with Gasteiger partial charge in [0, 0.05) is 6.54 Å². The average molecular weight is 247 g/mol. The molecule has 1 aromatic rings. The lowest BCUT2D eigenvalue weighted by Gasteiger charge is -2.01. The molecule has 0 bridgehead atoms. The van der Waals surface area contributed by atoms with Crippen molar-refractivity contribution >= 4 is 15.9 Å². The Morgan fingerprint density at radius 2 is 2.25 bits per heavy atom. The van der Waals surface area contributed by atoms with Crippen LogP contribution in [0.3, 0.4) is 0 Å². The Kier molecular flexibility index (Phi) is 3.96. The molecule has 0 aliphatic rings. The van der Waals surface area contributed by atoms with Gasteiger partial charge in [0.1, 0.15) is 5.82 Å². The number of rotatable bonds is 5. The number of carbonyl (C=O) groups excluding carboxylic acids is 1. The number of nitrogens with zero attached hydrogens (tertiary/aromatic N) is 2. The van der Waals surface area contributed by atoms with Crippen molar-refractivity contribution in [3.8, 4) is 0 Å². The predicted octanol–water partition coefficient (Wildman–Crippen LogP) is -1.48. The molecule has 1 heterocycles. The highest BCUT2D eigenvalue weighted by Gasteiger charge is 2.10. The first kappa shape index (κ1) is 12.6. The molecule has 90 valence electrons. The minimum Gasteiger partial charge on any atom is -0.349 e. The van der Waals surface area contributed by atoms with Crippen LogP contribution in [0, 0.1) is 6.92 Å². The molecule has 1 aromatic heterocycles. The second kappa shape index (κ2) is 5.03. The van der Waals surface area contributed by atoms with Gasteiger partial charge < -0.3 is 5.32 Å². The molecule has 0 aliphatic heterocycles. The molecule has 0 saturated carbocycles. The van der Waals surface area contributed by atoms with Crippen LogP contribution >= 0.6 is 0 Å². The van der Waals surface area contributed by atoms with Gasteiger partial charge in [-0.15, -0.1) is 5.10 Å². The van der Waals surface area contributed by atoms with Crippen molar-refractivity contribution in [2.24, 2.45) is 5.14 Å². The normalized spacial score (nSPS) is 11.4. The molecule has 4 N–H and O–H groups in total. The van der Waals surface area contributed by atoms with Crippen LogP contribution < -0.4 is 10.5 Å². The fraction of sp³-hybridized carbons (Fsp3) is 0.571. The summed E-state index contributed by atoms with van der Waals surface area (Å²) in [6.07, 6.45) is 0.258. The van der Waals surface area contributed by atoms with Gasteiger partial charge in [-0.25, -0.2) is 18.5 Å². The van der Waals surface area contributed by atoms with Crippen LogP contribution in [-0.4, -0.2) is 41.8 Å². The molecule has 0 aliphatic carbocycles. The van der Waals surface area contributed by atoms with E-state index in [1.807, 2.05) is 0 Å². The van der Waals surface area contributed by atoms with Crippen LogP contribution in [0.1, 0.15) is 22.9 Å². The Morgan fingerprint density at radius 1 is 1.56 bits per heavy atom. The van der Waals surface area contributed by atoms with E-state index in [4.69, 9.17) is 5.14 Å². The largest absolute Gasteiger partial charge is 0.349 e. The van der Waals surface area contributed by atoms with E-state index in [1.54, 1.807) is 6.92 Å². The minimum absolute atomic E-state index is 0.0353. The fourth-order valence-corrected chi connectivity index (χ4v) is 1.55. The molecular formula is C7H13N5O3S. The average Bonchev–Trinajstić information content (AvgIpc) is 2.57. The van der Waals surface area contributed by atoms with E-state index < -0.39 is 15.9 Å². The summed E-state index contributed by atoms with van der Waals surface area (Å²) in [6.45, 7) is 1.88. The Bertz CT molecular complexity index is 466. The maximum Gasteiger partial charge on any atom is 0.290 e. The number of nitrogens with one attached hydrogen (secondary N) is 2. The first-order valence-corrected chi connectivity index (χ1v) is 6.28. The topological polar surface area (TPSA) is 131 Å². The molecule has 0 saturated heterocycles. The molecule has 0 fully saturated rings. The number of aromatic nitrogens is 3. The molecule has 0 atom stereocenters. The van der Waals surface area contributed by atoms with Crippen LogP contribution in [0.4, 0.5) is 0 Å². The number of nitrogens with two attached hydrogens (primary N) is 1. The lowest BCUT2D eigenvalue weighted by Crippen LogP contribution is -2.28. The van der Waals surface area contributed by atoms with Crippen molar-refractivity contribution in [2.75, 3.05) is 12.3 Å². The lowest BCUT2D eigenvalue weighted by molar-refractivity contribution is 0.0943. The number of amides is 1. The highest BCUT2D eigenvalue weighted by Crippen LogP contribution is 1.91. The third-order valence-electron chi connectivity index (χ3n) is 1.69. The summed E-state index contributed by atoms with van der Waals surface area (Å²) in [5.41, 5.74) is 0. The van der Waals surface area contributed by atoms with E-state index in [2.05, 4.69) is 20.5 Å². The Morgan fingerprint density at radius 3 is 2.75 bits per heavy atom. The standard InChI is InChI=1S/C7H13N5O3S/c1-5-10-6(12-11-5)7(13)9-3-2-4-16(8,14)15/h2-4H2,1H3,(H,9,13)(H2,8,14,15)(H,10,11,12). The third-order valence-corrected chi connectivity index (χ3v) is 2.55. The van der Waals surface area contributed by atoms with Gasteiger partial charge in [-0.1, -0.05) is 0 Å². The van der Waals surface area contributed by atoms with Crippen molar-refractivity contribution in [1.82, 2.24) is 20.5 Å². The smallest absolute Gasteiger partial charge is 0.290 e. The minimum atomic E-state index is -3.47. The second-order valence-electron chi connectivity index (χ2n) is 3.22. The van der Waals surface area contributed by atoms with Gasteiger partial charge in [0.15, 0.2) is 0 Å². The van der Waals surface area contributed by atoms with Crippen molar-refractivity contribution < 1.29 is 13.2 Å². The van der Waals surface area contributed by atoms with E-state index in [9.17, 15) is 13.2 Å². The SMILES string of the molecule is Cc1nc(C(=O)NCCCS(N)(=O)=O)n[nH]1. The summed E-state index contributed by atoms with van der Waals surface area (Å²) in [5.74, 6) is -0.0399. The van der Waals surface area contributed by atoms with Crippen LogP contribution in [-0.2, 0) is 10.0 Å².